The van der Waals surface area contributed by atoms with Crippen LogP contribution in [0.25, 0.3) is 0 Å². The topological polar surface area (TPSA) is 133 Å². The van der Waals surface area contributed by atoms with Gasteiger partial charge in [-0.3, -0.25) is 9.59 Å². The molecule has 0 radical (unpaired) electrons. The van der Waals surface area contributed by atoms with Gasteiger partial charge in [-0.2, -0.15) is 0 Å². The van der Waals surface area contributed by atoms with E-state index in [9.17, 15) is 29.4 Å². The number of aliphatic carboxylic acids is 2. The number of carboxylic acid groups (broad SMARTS) is 2. The molecule has 0 bridgehead atoms. The van der Waals surface area contributed by atoms with Crippen molar-refractivity contribution in [3.63, 3.8) is 0 Å². The van der Waals surface area contributed by atoms with E-state index in [1.165, 1.54) is 102 Å². The van der Waals surface area contributed by atoms with E-state index in [1.807, 2.05) is 12.2 Å². The number of carbonyl (C=O) groups is 4. The van der Waals surface area contributed by atoms with Gasteiger partial charge in [0.25, 0.3) is 0 Å². The van der Waals surface area contributed by atoms with Gasteiger partial charge in [0.05, 0.1) is 25.4 Å². The van der Waals surface area contributed by atoms with Crippen molar-refractivity contribution in [2.75, 3.05) is 0 Å². The number of carbonyl (C=O) groups excluding carboxylic acids is 4. The molecule has 0 aromatic rings. The number of esters is 2. The second-order valence-corrected chi connectivity index (χ2v) is 9.99. The zero-order valence-corrected chi connectivity index (χ0v) is 28.0. The molecular weight excluding hydrogens is 552 g/mol. The van der Waals surface area contributed by atoms with Gasteiger partial charge in [0.2, 0.25) is 0 Å². The summed E-state index contributed by atoms with van der Waals surface area (Å²) in [5.74, 6) is -3.52. The van der Waals surface area contributed by atoms with Crippen LogP contribution >= 0.6 is 0 Å². The average Bonchev–Trinajstić information content (AvgIpc) is 2.92. The van der Waals surface area contributed by atoms with E-state index < -0.39 is 23.9 Å². The third kappa shape index (κ3) is 43.2. The van der Waals surface area contributed by atoms with E-state index in [-0.39, 0.29) is 63.4 Å². The summed E-state index contributed by atoms with van der Waals surface area (Å²) < 4.78 is 9.51. The number of rotatable bonds is 26. The molecule has 0 N–H and O–H groups in total. The first-order valence-corrected chi connectivity index (χ1v) is 15.4. The maximum Gasteiger partial charge on any atom is 2.00 e. The van der Waals surface area contributed by atoms with E-state index in [4.69, 9.17) is 9.47 Å². The van der Waals surface area contributed by atoms with Crippen LogP contribution in [0.5, 0.6) is 0 Å². The van der Waals surface area contributed by atoms with Crippen molar-refractivity contribution >= 4 is 61.6 Å². The fourth-order valence-electron chi connectivity index (χ4n) is 3.70. The Morgan fingerprint density at radius 1 is 0.488 bits per heavy atom. The van der Waals surface area contributed by atoms with Gasteiger partial charge >= 0.3 is 49.7 Å². The minimum absolute atomic E-state index is 0. The van der Waals surface area contributed by atoms with Crippen molar-refractivity contribution in [3.05, 3.63) is 24.7 Å². The van der Waals surface area contributed by atoms with Gasteiger partial charge in [0.1, 0.15) is 0 Å². The summed E-state index contributed by atoms with van der Waals surface area (Å²) in [6, 6.07) is 0. The molecule has 9 heteroatoms. The number of allylic oxidation sites excluding steroid dienone is 2. The molecule has 0 saturated heterocycles. The van der Waals surface area contributed by atoms with E-state index in [0.717, 1.165) is 25.7 Å². The van der Waals surface area contributed by atoms with Gasteiger partial charge in [0, 0.05) is 11.9 Å². The molecule has 0 spiro atoms. The van der Waals surface area contributed by atoms with Crippen molar-refractivity contribution < 1.29 is 38.9 Å². The molecule has 8 nitrogen and oxygen atoms in total. The Kier molecular flexibility index (Phi) is 39.4. The second kappa shape index (κ2) is 36.6. The summed E-state index contributed by atoms with van der Waals surface area (Å²) in [6.45, 7) is 4.44. The molecule has 0 aliphatic rings. The summed E-state index contributed by atoms with van der Waals surface area (Å²) in [7, 11) is 0. The molecule has 0 amide bonds. The number of hydrogen-bond acceptors (Lipinski definition) is 8. The molecule has 232 valence electrons. The monoisotopic (exact) mass is 606 g/mol. The van der Waals surface area contributed by atoms with Crippen LogP contribution < -0.4 is 10.2 Å². The largest absolute Gasteiger partial charge is 2.00 e. The normalized spacial score (nSPS) is 10.6. The Balaban J connectivity index is -0.000000688. The summed E-state index contributed by atoms with van der Waals surface area (Å²) in [6.07, 6.45) is 27.6. The van der Waals surface area contributed by atoms with Gasteiger partial charge in [-0.05, 0) is 50.7 Å². The van der Waals surface area contributed by atoms with E-state index in [1.54, 1.807) is 0 Å². The van der Waals surface area contributed by atoms with Gasteiger partial charge in [0.15, 0.2) is 0 Å². The minimum Gasteiger partial charge on any atom is -0.550 e. The second-order valence-electron chi connectivity index (χ2n) is 9.99. The zero-order valence-electron chi connectivity index (χ0n) is 25.8. The smallest absolute Gasteiger partial charge is 0.550 e. The molecule has 0 aliphatic heterocycles. The Morgan fingerprint density at radius 2 is 0.780 bits per heavy atom. The fraction of sp³-hybridized carbons (Fsp3) is 0.750. The van der Waals surface area contributed by atoms with Crippen LogP contribution in [0.15, 0.2) is 24.7 Å². The molecule has 0 rings (SSSR count). The number of hydrogen-bond donors (Lipinski definition) is 0. The molecule has 0 aliphatic carbocycles. The number of ether oxygens (including phenoxy) is 2. The average molecular weight is 607 g/mol. The molecule has 0 unspecified atom stereocenters. The maximum atomic E-state index is 11.0. The summed E-state index contributed by atoms with van der Waals surface area (Å²) in [5, 5.41) is 20.3. The first-order chi connectivity index (χ1) is 19.3. The van der Waals surface area contributed by atoms with Crippen molar-refractivity contribution in [2.24, 2.45) is 0 Å². The maximum absolute atomic E-state index is 11.0. The Bertz CT molecular complexity index is 633. The van der Waals surface area contributed by atoms with Crippen molar-refractivity contribution in [1.29, 1.82) is 0 Å². The molecule has 0 fully saturated rings. The number of unbranched alkanes of at least 4 members (excludes halogenated alkanes) is 16. The molecule has 0 heterocycles. The number of carboxylic acids is 2. The zero-order chi connectivity index (χ0) is 30.1. The van der Waals surface area contributed by atoms with Crippen LogP contribution in [0, 0.1) is 0 Å². The molecule has 0 aromatic heterocycles. The summed E-state index contributed by atoms with van der Waals surface area (Å²) in [5.41, 5.74) is 0. The Morgan fingerprint density at radius 3 is 1.07 bits per heavy atom. The fourth-order valence-corrected chi connectivity index (χ4v) is 3.70. The standard InChI is InChI=1S/2C16H28O4.Ca/c2*1-2-3-4-5-6-7-8-9-10-11-14-20-16(19)13-12-15(17)18;/h2*11,14H,2-10,12-13H2,1H3,(H,17,18);/q;;+2/p-2. The van der Waals surface area contributed by atoms with Crippen molar-refractivity contribution in [2.45, 2.75) is 155 Å². The summed E-state index contributed by atoms with van der Waals surface area (Å²) in [4.78, 5) is 42.3. The quantitative estimate of drug-likeness (QED) is 0.0520. The first-order valence-electron chi connectivity index (χ1n) is 15.4. The van der Waals surface area contributed by atoms with Crippen LogP contribution in [-0.4, -0.2) is 61.6 Å². The van der Waals surface area contributed by atoms with E-state index >= 15 is 0 Å². The Labute approximate surface area is 278 Å². The van der Waals surface area contributed by atoms with Crippen molar-refractivity contribution in [3.8, 4) is 0 Å². The Hall–Kier alpha value is -1.38. The predicted molar refractivity (Wildman–Crippen MR) is 159 cm³/mol. The molecular formula is C32H54CaO8. The molecule has 0 atom stereocenters. The van der Waals surface area contributed by atoms with E-state index in [2.05, 4.69) is 13.8 Å². The third-order valence-corrected chi connectivity index (χ3v) is 6.11. The van der Waals surface area contributed by atoms with Crippen LogP contribution in [-0.2, 0) is 28.7 Å². The third-order valence-electron chi connectivity index (χ3n) is 6.11. The molecule has 41 heavy (non-hydrogen) atoms. The van der Waals surface area contributed by atoms with Crippen LogP contribution in [0.1, 0.15) is 155 Å². The van der Waals surface area contributed by atoms with E-state index in [0.29, 0.717) is 0 Å². The summed E-state index contributed by atoms with van der Waals surface area (Å²) >= 11 is 0. The van der Waals surface area contributed by atoms with Gasteiger partial charge in [-0.15, -0.1) is 0 Å². The SMILES string of the molecule is CCCCCCCCCCC=COC(=O)CCC(=O)[O-].CCCCCCCCCCC=COC(=O)CCC(=O)[O-].[Ca+2]. The molecule has 0 saturated carbocycles. The van der Waals surface area contributed by atoms with Crippen LogP contribution in [0.2, 0.25) is 0 Å². The van der Waals surface area contributed by atoms with Crippen LogP contribution in [0.3, 0.4) is 0 Å². The van der Waals surface area contributed by atoms with Gasteiger partial charge < -0.3 is 29.3 Å². The predicted octanol–water partition coefficient (Wildman–Crippen LogP) is 5.83. The van der Waals surface area contributed by atoms with Gasteiger partial charge in [-0.1, -0.05) is 104 Å². The molecule has 0 aromatic carbocycles. The first kappa shape index (κ1) is 44.1. The van der Waals surface area contributed by atoms with Crippen LogP contribution in [0.4, 0.5) is 0 Å². The van der Waals surface area contributed by atoms with Crippen molar-refractivity contribution in [1.82, 2.24) is 0 Å². The minimum atomic E-state index is -1.23. The van der Waals surface area contributed by atoms with Gasteiger partial charge in [-0.25, -0.2) is 0 Å².